The number of methoxy groups -OCH3 is 1. The molecule has 4 rings (SSSR count). The van der Waals surface area contributed by atoms with Gasteiger partial charge in [-0.05, 0) is 61.9 Å². The molecule has 0 aliphatic heterocycles. The number of alkyl halides is 1. The minimum Gasteiger partial charge on any atom is -0.464 e. The summed E-state index contributed by atoms with van der Waals surface area (Å²) < 4.78 is 13.5. The van der Waals surface area contributed by atoms with Gasteiger partial charge in [0, 0.05) is 23.6 Å². The number of carbonyl (C=O) groups is 1. The number of halogens is 1. The van der Waals surface area contributed by atoms with Gasteiger partial charge in [0.1, 0.15) is 5.75 Å². The first-order chi connectivity index (χ1) is 16.8. The third-order valence-electron chi connectivity index (χ3n) is 5.84. The second-order valence-corrected chi connectivity index (χ2v) is 10.0. The molecule has 35 heavy (non-hydrogen) atoms. The lowest BCUT2D eigenvalue weighted by Gasteiger charge is -2.25. The minimum atomic E-state index is -0.585. The molecular weight excluding hydrogens is 567 g/mol. The summed E-state index contributed by atoms with van der Waals surface area (Å²) in [6.45, 7) is 0.507. The van der Waals surface area contributed by atoms with Crippen molar-refractivity contribution in [3.8, 4) is 11.6 Å². The van der Waals surface area contributed by atoms with Gasteiger partial charge in [0.15, 0.2) is 5.69 Å². The van der Waals surface area contributed by atoms with E-state index in [2.05, 4.69) is 47.5 Å². The summed E-state index contributed by atoms with van der Waals surface area (Å²) in [4.78, 5) is 43.8. The number of aromatic nitrogens is 5. The van der Waals surface area contributed by atoms with Crippen LogP contribution < -0.4 is 21.7 Å². The average Bonchev–Trinajstić information content (AvgIpc) is 2.87. The van der Waals surface area contributed by atoms with Crippen LogP contribution in [0.25, 0.3) is 0 Å². The van der Waals surface area contributed by atoms with Crippen LogP contribution in [-0.4, -0.2) is 41.3 Å². The highest BCUT2D eigenvalue weighted by atomic mass is 127. The van der Waals surface area contributed by atoms with Gasteiger partial charge in [-0.3, -0.25) is 9.55 Å². The molecule has 0 radical (unpaired) electrons. The quantitative estimate of drug-likeness (QED) is 0.264. The normalized spacial score (nSPS) is 18.3. The molecule has 1 saturated carbocycles. The smallest absolute Gasteiger partial charge is 0.358 e. The van der Waals surface area contributed by atoms with E-state index in [1.165, 1.54) is 26.3 Å². The van der Waals surface area contributed by atoms with Crippen LogP contribution in [0.5, 0.6) is 11.6 Å². The molecule has 1 aliphatic rings. The molecule has 2 heterocycles. The van der Waals surface area contributed by atoms with E-state index >= 15 is 0 Å². The number of esters is 1. The number of nitrogens with one attached hydrogen (secondary N) is 1. The number of hydrogen-bond acceptors (Lipinski definition) is 8. The van der Waals surface area contributed by atoms with Crippen LogP contribution in [0.4, 0.5) is 5.69 Å². The summed E-state index contributed by atoms with van der Waals surface area (Å²) in [6, 6.07) is 9.73. The summed E-state index contributed by atoms with van der Waals surface area (Å²) in [5, 5.41) is 7.62. The van der Waals surface area contributed by atoms with Crippen LogP contribution in [0.2, 0.25) is 0 Å². The molecule has 2 aromatic heterocycles. The first kappa shape index (κ1) is 24.8. The van der Waals surface area contributed by atoms with Gasteiger partial charge in [0.2, 0.25) is 11.5 Å². The van der Waals surface area contributed by atoms with Crippen molar-refractivity contribution >= 4 is 34.2 Å². The van der Waals surface area contributed by atoms with E-state index in [-0.39, 0.29) is 17.2 Å². The highest BCUT2D eigenvalue weighted by Gasteiger charge is 2.21. The van der Waals surface area contributed by atoms with E-state index in [1.807, 2.05) is 0 Å². The Morgan fingerprint density at radius 1 is 1.11 bits per heavy atom. The fraction of sp³-hybridized carbons (Fsp3) is 0.391. The van der Waals surface area contributed by atoms with Gasteiger partial charge in [0.05, 0.1) is 12.8 Å². The number of rotatable bonds is 6. The maximum Gasteiger partial charge on any atom is 0.358 e. The van der Waals surface area contributed by atoms with Gasteiger partial charge in [-0.1, -0.05) is 22.6 Å². The Kier molecular flexibility index (Phi) is 7.78. The highest BCUT2D eigenvalue weighted by Crippen LogP contribution is 2.29. The molecule has 1 aliphatic carbocycles. The molecule has 184 valence electrons. The summed E-state index contributed by atoms with van der Waals surface area (Å²) in [6.07, 6.45) is 4.33. The van der Waals surface area contributed by atoms with Crippen molar-refractivity contribution in [3.05, 3.63) is 68.7 Å². The zero-order valence-corrected chi connectivity index (χ0v) is 21.5. The van der Waals surface area contributed by atoms with E-state index in [0.717, 1.165) is 30.3 Å². The SMILES string of the molecule is COC(=O)c1ccc(Oc2ccc(/N=c3\[nH]c(=O)n(C)c(=O)n3C[C@H]3CC[C@H](I)CC3)cc2)nn1. The number of aromatic amines is 1. The topological polar surface area (TPSA) is 133 Å². The Labute approximate surface area is 214 Å². The molecule has 3 aromatic rings. The van der Waals surface area contributed by atoms with Gasteiger partial charge in [-0.25, -0.2) is 23.9 Å². The summed E-state index contributed by atoms with van der Waals surface area (Å²) in [5.74, 6) is 0.460. The molecule has 1 fully saturated rings. The molecule has 0 bridgehead atoms. The number of nitrogens with zero attached hydrogens (tertiary/aromatic N) is 5. The van der Waals surface area contributed by atoms with Crippen molar-refractivity contribution in [2.24, 2.45) is 18.0 Å². The van der Waals surface area contributed by atoms with Crippen molar-refractivity contribution in [1.82, 2.24) is 24.3 Å². The maximum atomic E-state index is 12.9. The summed E-state index contributed by atoms with van der Waals surface area (Å²) in [7, 11) is 2.72. The van der Waals surface area contributed by atoms with Crippen LogP contribution in [0.15, 0.2) is 51.0 Å². The average molecular weight is 592 g/mol. The van der Waals surface area contributed by atoms with Gasteiger partial charge >= 0.3 is 17.3 Å². The zero-order chi connectivity index (χ0) is 24.9. The van der Waals surface area contributed by atoms with Crippen LogP contribution in [0.1, 0.15) is 36.2 Å². The van der Waals surface area contributed by atoms with Gasteiger partial charge < -0.3 is 9.47 Å². The standard InChI is InChI=1S/C23H25IN6O5/c1-29-22(32)26-21(30(23(29)33)13-14-3-5-15(24)6-4-14)25-16-7-9-17(10-8-16)35-19-12-11-18(27-28-19)20(31)34-2/h7-12,14-15H,3-6,13H2,1-2H3,(H,25,26,32)/t14-,15-. The van der Waals surface area contributed by atoms with Crippen LogP contribution in [0, 0.1) is 5.92 Å². The largest absolute Gasteiger partial charge is 0.464 e. The van der Waals surface area contributed by atoms with Crippen molar-refractivity contribution in [2.45, 2.75) is 36.2 Å². The molecule has 0 amide bonds. The fourth-order valence-electron chi connectivity index (χ4n) is 3.84. The van der Waals surface area contributed by atoms with E-state index in [1.54, 1.807) is 28.8 Å². The van der Waals surface area contributed by atoms with Gasteiger partial charge in [0.25, 0.3) is 0 Å². The van der Waals surface area contributed by atoms with E-state index in [9.17, 15) is 14.4 Å². The number of carbonyl (C=O) groups excluding carboxylic acids is 1. The lowest BCUT2D eigenvalue weighted by Crippen LogP contribution is -2.49. The molecule has 11 nitrogen and oxygen atoms in total. The molecule has 0 unspecified atom stereocenters. The van der Waals surface area contributed by atoms with Gasteiger partial charge in [-0.15, -0.1) is 10.2 Å². The molecule has 0 atom stereocenters. The molecule has 0 saturated heterocycles. The molecular formula is C23H25IN6O5. The molecule has 0 spiro atoms. The van der Waals surface area contributed by atoms with Crippen LogP contribution in [0.3, 0.4) is 0 Å². The maximum absolute atomic E-state index is 12.9. The molecule has 1 N–H and O–H groups in total. The predicted molar refractivity (Wildman–Crippen MR) is 135 cm³/mol. The number of H-pyrrole nitrogens is 1. The second kappa shape index (κ2) is 11.0. The molecule has 1 aromatic carbocycles. The molecule has 12 heteroatoms. The third kappa shape index (κ3) is 6.05. The third-order valence-corrected chi connectivity index (χ3v) is 7.09. The Morgan fingerprint density at radius 3 is 2.46 bits per heavy atom. The lowest BCUT2D eigenvalue weighted by atomic mass is 9.89. The Balaban J connectivity index is 1.56. The van der Waals surface area contributed by atoms with E-state index in [0.29, 0.717) is 27.8 Å². The van der Waals surface area contributed by atoms with Crippen LogP contribution >= 0.6 is 22.6 Å². The Hall–Kier alpha value is -3.29. The van der Waals surface area contributed by atoms with Crippen molar-refractivity contribution in [1.29, 1.82) is 0 Å². The predicted octanol–water partition coefficient (Wildman–Crippen LogP) is 2.47. The van der Waals surface area contributed by atoms with Crippen molar-refractivity contribution < 1.29 is 14.3 Å². The fourth-order valence-corrected chi connectivity index (χ4v) is 4.56. The second-order valence-electron chi connectivity index (χ2n) is 8.28. The zero-order valence-electron chi connectivity index (χ0n) is 19.3. The Bertz CT molecular complexity index is 1370. The lowest BCUT2D eigenvalue weighted by molar-refractivity contribution is 0.0592. The van der Waals surface area contributed by atoms with Crippen molar-refractivity contribution in [2.75, 3.05) is 7.11 Å². The Morgan fingerprint density at radius 2 is 1.83 bits per heavy atom. The minimum absolute atomic E-state index is 0.0765. The number of ether oxygens (including phenoxy) is 2. The number of hydrogen-bond donors (Lipinski definition) is 1. The summed E-state index contributed by atoms with van der Waals surface area (Å²) in [5.41, 5.74) is -0.0775. The first-order valence-corrected chi connectivity index (χ1v) is 12.4. The first-order valence-electron chi connectivity index (χ1n) is 11.1. The van der Waals surface area contributed by atoms with Crippen molar-refractivity contribution in [3.63, 3.8) is 0 Å². The van der Waals surface area contributed by atoms with Crippen LogP contribution in [-0.2, 0) is 18.3 Å². The highest BCUT2D eigenvalue weighted by molar-refractivity contribution is 14.1. The van der Waals surface area contributed by atoms with Gasteiger partial charge in [-0.2, -0.15) is 0 Å². The van der Waals surface area contributed by atoms with E-state index < -0.39 is 17.3 Å². The monoisotopic (exact) mass is 592 g/mol. The summed E-state index contributed by atoms with van der Waals surface area (Å²) >= 11 is 2.48. The number of benzene rings is 1. The van der Waals surface area contributed by atoms with E-state index in [4.69, 9.17) is 4.74 Å².